The fourth-order valence-corrected chi connectivity index (χ4v) is 1.50. The van der Waals surface area contributed by atoms with E-state index in [1.807, 2.05) is 0 Å². The first-order valence-electron chi connectivity index (χ1n) is 4.74. The SMILES string of the molecule is O=C(CC1CNCCO1)c1ccoc1. The lowest BCUT2D eigenvalue weighted by Gasteiger charge is -2.22. The standard InChI is InChI=1S/C10H13NO3/c12-10(8-1-3-13-7-8)5-9-6-11-2-4-14-9/h1,3,7,9,11H,2,4-6H2. The van der Waals surface area contributed by atoms with Crippen LogP contribution in [0.25, 0.3) is 0 Å². The van der Waals surface area contributed by atoms with Crippen LogP contribution in [-0.4, -0.2) is 31.6 Å². The highest BCUT2D eigenvalue weighted by Gasteiger charge is 2.18. The molecule has 2 rings (SSSR count). The Hall–Kier alpha value is -1.13. The summed E-state index contributed by atoms with van der Waals surface area (Å²) in [7, 11) is 0. The van der Waals surface area contributed by atoms with E-state index in [-0.39, 0.29) is 11.9 Å². The maximum atomic E-state index is 11.6. The smallest absolute Gasteiger partial charge is 0.168 e. The van der Waals surface area contributed by atoms with E-state index in [1.165, 1.54) is 12.5 Å². The van der Waals surface area contributed by atoms with Crippen LogP contribution in [0.2, 0.25) is 0 Å². The lowest BCUT2D eigenvalue weighted by Crippen LogP contribution is -2.39. The minimum atomic E-state index is 0.00569. The predicted octanol–water partition coefficient (Wildman–Crippen LogP) is 0.841. The Bertz CT molecular complexity index is 288. The molecular formula is C10H13NO3. The van der Waals surface area contributed by atoms with Crippen LogP contribution in [0.4, 0.5) is 0 Å². The predicted molar refractivity (Wildman–Crippen MR) is 50.3 cm³/mol. The number of carbonyl (C=O) groups is 1. The number of ether oxygens (including phenoxy) is 1. The molecule has 1 atom stereocenters. The van der Waals surface area contributed by atoms with Crippen LogP contribution in [0.15, 0.2) is 23.0 Å². The Morgan fingerprint density at radius 3 is 3.21 bits per heavy atom. The molecule has 1 aromatic rings. The number of furan rings is 1. The zero-order valence-corrected chi connectivity index (χ0v) is 7.86. The highest BCUT2D eigenvalue weighted by atomic mass is 16.5. The Balaban J connectivity index is 1.87. The topological polar surface area (TPSA) is 51.5 Å². The van der Waals surface area contributed by atoms with E-state index in [9.17, 15) is 4.79 Å². The fraction of sp³-hybridized carbons (Fsp3) is 0.500. The summed E-state index contributed by atoms with van der Waals surface area (Å²) in [4.78, 5) is 11.6. The molecule has 2 heterocycles. The molecule has 0 radical (unpaired) electrons. The first-order valence-corrected chi connectivity index (χ1v) is 4.74. The van der Waals surface area contributed by atoms with Gasteiger partial charge >= 0.3 is 0 Å². The van der Waals surface area contributed by atoms with Gasteiger partial charge in [0, 0.05) is 19.5 Å². The number of hydrogen-bond donors (Lipinski definition) is 1. The first kappa shape index (κ1) is 9.43. The molecule has 1 aromatic heterocycles. The number of carbonyl (C=O) groups excluding carboxylic acids is 1. The average molecular weight is 195 g/mol. The molecule has 1 N–H and O–H groups in total. The molecule has 0 bridgehead atoms. The zero-order chi connectivity index (χ0) is 9.80. The van der Waals surface area contributed by atoms with Gasteiger partial charge in [-0.15, -0.1) is 0 Å². The second-order valence-electron chi connectivity index (χ2n) is 3.34. The number of morpholine rings is 1. The van der Waals surface area contributed by atoms with Crippen molar-refractivity contribution >= 4 is 5.78 Å². The molecule has 1 aliphatic heterocycles. The summed E-state index contributed by atoms with van der Waals surface area (Å²) in [5, 5.41) is 3.18. The van der Waals surface area contributed by atoms with E-state index < -0.39 is 0 Å². The summed E-state index contributed by atoms with van der Waals surface area (Å²) in [5.74, 6) is 0.0763. The minimum absolute atomic E-state index is 0.00569. The summed E-state index contributed by atoms with van der Waals surface area (Å²) >= 11 is 0. The van der Waals surface area contributed by atoms with Crippen LogP contribution in [0, 0.1) is 0 Å². The maximum Gasteiger partial charge on any atom is 0.168 e. The van der Waals surface area contributed by atoms with Crippen LogP contribution < -0.4 is 5.32 Å². The Morgan fingerprint density at radius 2 is 2.57 bits per heavy atom. The van der Waals surface area contributed by atoms with Gasteiger partial charge in [0.05, 0.1) is 24.5 Å². The first-order chi connectivity index (χ1) is 6.86. The van der Waals surface area contributed by atoms with Crippen molar-refractivity contribution in [1.82, 2.24) is 5.32 Å². The zero-order valence-electron chi connectivity index (χ0n) is 7.86. The van der Waals surface area contributed by atoms with E-state index in [0.29, 0.717) is 18.6 Å². The second kappa shape index (κ2) is 4.39. The molecule has 4 heteroatoms. The molecule has 4 nitrogen and oxygen atoms in total. The van der Waals surface area contributed by atoms with Crippen molar-refractivity contribution in [2.75, 3.05) is 19.7 Å². The molecule has 1 unspecified atom stereocenters. The van der Waals surface area contributed by atoms with Gasteiger partial charge in [0.1, 0.15) is 6.26 Å². The highest BCUT2D eigenvalue weighted by Crippen LogP contribution is 2.09. The molecule has 0 aliphatic carbocycles. The molecule has 0 aromatic carbocycles. The van der Waals surface area contributed by atoms with Crippen molar-refractivity contribution in [1.29, 1.82) is 0 Å². The minimum Gasteiger partial charge on any atom is -0.472 e. The van der Waals surface area contributed by atoms with Gasteiger partial charge in [-0.1, -0.05) is 0 Å². The fourth-order valence-electron chi connectivity index (χ4n) is 1.50. The third-order valence-corrected chi connectivity index (χ3v) is 2.26. The highest BCUT2D eigenvalue weighted by molar-refractivity contribution is 5.95. The van der Waals surface area contributed by atoms with Crippen molar-refractivity contribution < 1.29 is 13.9 Å². The van der Waals surface area contributed by atoms with E-state index in [0.717, 1.165) is 13.1 Å². The van der Waals surface area contributed by atoms with Gasteiger partial charge in [-0.25, -0.2) is 0 Å². The summed E-state index contributed by atoms with van der Waals surface area (Å²) in [6.07, 6.45) is 3.41. The maximum absolute atomic E-state index is 11.6. The van der Waals surface area contributed by atoms with Crippen LogP contribution in [-0.2, 0) is 4.74 Å². The van der Waals surface area contributed by atoms with E-state index in [4.69, 9.17) is 9.15 Å². The number of Topliss-reactive ketones (excluding diaryl/α,β-unsaturated/α-hetero) is 1. The largest absolute Gasteiger partial charge is 0.472 e. The van der Waals surface area contributed by atoms with Crippen LogP contribution in [0.3, 0.4) is 0 Å². The van der Waals surface area contributed by atoms with Gasteiger partial charge in [0.2, 0.25) is 0 Å². The van der Waals surface area contributed by atoms with Crippen LogP contribution in [0.1, 0.15) is 16.8 Å². The molecule has 0 saturated carbocycles. The van der Waals surface area contributed by atoms with E-state index >= 15 is 0 Å². The van der Waals surface area contributed by atoms with Crippen molar-refractivity contribution in [3.05, 3.63) is 24.2 Å². The van der Waals surface area contributed by atoms with E-state index in [1.54, 1.807) is 6.07 Å². The summed E-state index contributed by atoms with van der Waals surface area (Å²) in [6, 6.07) is 1.68. The van der Waals surface area contributed by atoms with Gasteiger partial charge in [0.15, 0.2) is 5.78 Å². The van der Waals surface area contributed by atoms with Gasteiger partial charge in [0.25, 0.3) is 0 Å². The molecule has 1 saturated heterocycles. The number of rotatable bonds is 3. The van der Waals surface area contributed by atoms with Crippen LogP contribution in [0.5, 0.6) is 0 Å². The van der Waals surface area contributed by atoms with Crippen molar-refractivity contribution in [2.24, 2.45) is 0 Å². The quantitative estimate of drug-likeness (QED) is 0.726. The Labute approximate surface area is 82.2 Å². The Morgan fingerprint density at radius 1 is 1.64 bits per heavy atom. The molecular weight excluding hydrogens is 182 g/mol. The summed E-state index contributed by atoms with van der Waals surface area (Å²) in [6.45, 7) is 2.31. The van der Waals surface area contributed by atoms with Crippen LogP contribution >= 0.6 is 0 Å². The van der Waals surface area contributed by atoms with Gasteiger partial charge in [-0.3, -0.25) is 4.79 Å². The normalized spacial score (nSPS) is 22.1. The lowest BCUT2D eigenvalue weighted by molar-refractivity contribution is 0.0240. The Kier molecular flexibility index (Phi) is 2.96. The molecule has 1 fully saturated rings. The molecule has 1 aliphatic rings. The summed E-state index contributed by atoms with van der Waals surface area (Å²) < 4.78 is 10.3. The number of nitrogens with one attached hydrogen (secondary N) is 1. The van der Waals surface area contributed by atoms with Crippen molar-refractivity contribution in [3.8, 4) is 0 Å². The van der Waals surface area contributed by atoms with Gasteiger partial charge in [-0.05, 0) is 6.07 Å². The second-order valence-corrected chi connectivity index (χ2v) is 3.34. The molecule has 0 amide bonds. The van der Waals surface area contributed by atoms with Crippen molar-refractivity contribution in [3.63, 3.8) is 0 Å². The average Bonchev–Trinajstić information content (AvgIpc) is 2.72. The molecule has 0 spiro atoms. The third-order valence-electron chi connectivity index (χ3n) is 2.26. The molecule has 76 valence electrons. The monoisotopic (exact) mass is 195 g/mol. The summed E-state index contributed by atoms with van der Waals surface area (Å²) in [5.41, 5.74) is 0.624. The van der Waals surface area contributed by atoms with Crippen molar-refractivity contribution in [2.45, 2.75) is 12.5 Å². The van der Waals surface area contributed by atoms with E-state index in [2.05, 4.69) is 5.32 Å². The number of ketones is 1. The lowest BCUT2D eigenvalue weighted by atomic mass is 10.1. The molecule has 14 heavy (non-hydrogen) atoms. The number of hydrogen-bond acceptors (Lipinski definition) is 4. The third kappa shape index (κ3) is 2.21. The van der Waals surface area contributed by atoms with Gasteiger partial charge < -0.3 is 14.5 Å². The van der Waals surface area contributed by atoms with Gasteiger partial charge in [-0.2, -0.15) is 0 Å².